The first-order chi connectivity index (χ1) is 31.0. The summed E-state index contributed by atoms with van der Waals surface area (Å²) in [6.45, 7) is 6.63. The number of carbonyl (C=O) groups excluding carboxylic acids is 3. The van der Waals surface area contributed by atoms with Gasteiger partial charge in [-0.05, 0) is 44.9 Å². The molecule has 0 aromatic heterocycles. The fraction of sp³-hybridized carbons (Fsp3) is 0.877. The minimum absolute atomic E-state index is 0.0703. The van der Waals surface area contributed by atoms with Gasteiger partial charge in [-0.3, -0.25) is 14.4 Å². The van der Waals surface area contributed by atoms with Crippen LogP contribution in [0.1, 0.15) is 303 Å². The lowest BCUT2D eigenvalue weighted by atomic mass is 10.0. The molecular weight excluding hydrogens is 781 g/mol. The molecule has 0 aliphatic carbocycles. The van der Waals surface area contributed by atoms with Crippen LogP contribution in [0.15, 0.2) is 24.3 Å². The van der Waals surface area contributed by atoms with Crippen molar-refractivity contribution < 1.29 is 28.6 Å². The van der Waals surface area contributed by atoms with E-state index in [9.17, 15) is 14.4 Å². The first-order valence-electron chi connectivity index (χ1n) is 27.8. The van der Waals surface area contributed by atoms with Gasteiger partial charge < -0.3 is 14.2 Å². The molecule has 0 spiro atoms. The molecule has 0 aromatic carbocycles. The van der Waals surface area contributed by atoms with Crippen molar-refractivity contribution in [1.82, 2.24) is 0 Å². The molecule has 0 aliphatic heterocycles. The molecule has 1 atom stereocenters. The molecule has 0 saturated heterocycles. The van der Waals surface area contributed by atoms with Crippen molar-refractivity contribution in [2.75, 3.05) is 13.2 Å². The summed E-state index contributed by atoms with van der Waals surface area (Å²) in [5, 5.41) is 0. The van der Waals surface area contributed by atoms with Crippen LogP contribution < -0.4 is 0 Å². The van der Waals surface area contributed by atoms with Gasteiger partial charge in [0.2, 0.25) is 0 Å². The summed E-state index contributed by atoms with van der Waals surface area (Å²) in [5.74, 6) is -0.865. The van der Waals surface area contributed by atoms with Gasteiger partial charge in [0.25, 0.3) is 0 Å². The summed E-state index contributed by atoms with van der Waals surface area (Å²) in [6.07, 6.45) is 60.2. The third-order valence-corrected chi connectivity index (χ3v) is 12.5. The number of unbranched alkanes of at least 4 members (excludes halogenated alkanes) is 36. The van der Waals surface area contributed by atoms with E-state index in [0.29, 0.717) is 19.3 Å². The van der Waals surface area contributed by atoms with Crippen LogP contribution in [-0.4, -0.2) is 37.2 Å². The van der Waals surface area contributed by atoms with Gasteiger partial charge in [-0.2, -0.15) is 0 Å². The van der Waals surface area contributed by atoms with Crippen LogP contribution in [0.2, 0.25) is 0 Å². The molecule has 6 heteroatoms. The maximum atomic E-state index is 12.8. The number of rotatable bonds is 51. The molecule has 0 heterocycles. The molecule has 0 bridgehead atoms. The highest BCUT2D eigenvalue weighted by Crippen LogP contribution is 2.17. The van der Waals surface area contributed by atoms with Crippen LogP contribution >= 0.6 is 0 Å². The predicted octanol–water partition coefficient (Wildman–Crippen LogP) is 18.3. The van der Waals surface area contributed by atoms with E-state index in [1.165, 1.54) is 186 Å². The number of esters is 3. The third kappa shape index (κ3) is 50.7. The molecule has 6 nitrogen and oxygen atoms in total. The van der Waals surface area contributed by atoms with E-state index in [1.54, 1.807) is 0 Å². The van der Waals surface area contributed by atoms with Crippen molar-refractivity contribution in [2.45, 2.75) is 309 Å². The molecule has 0 N–H and O–H groups in total. The Morgan fingerprint density at radius 1 is 0.317 bits per heavy atom. The molecule has 370 valence electrons. The second-order valence-electron chi connectivity index (χ2n) is 18.9. The van der Waals surface area contributed by atoms with Gasteiger partial charge in [-0.15, -0.1) is 0 Å². The van der Waals surface area contributed by atoms with Crippen molar-refractivity contribution in [3.8, 4) is 0 Å². The minimum atomic E-state index is -0.771. The first-order valence-corrected chi connectivity index (χ1v) is 27.8. The molecule has 0 saturated carbocycles. The normalized spacial score (nSPS) is 12.1. The molecule has 0 amide bonds. The van der Waals surface area contributed by atoms with Crippen LogP contribution in [-0.2, 0) is 28.6 Å². The van der Waals surface area contributed by atoms with Gasteiger partial charge >= 0.3 is 17.9 Å². The summed E-state index contributed by atoms with van der Waals surface area (Å²) >= 11 is 0. The van der Waals surface area contributed by atoms with Crippen molar-refractivity contribution in [2.24, 2.45) is 0 Å². The predicted molar refractivity (Wildman–Crippen MR) is 270 cm³/mol. The highest BCUT2D eigenvalue weighted by Gasteiger charge is 2.19. The highest BCUT2D eigenvalue weighted by atomic mass is 16.6. The Bertz CT molecular complexity index is 1020. The number of ether oxygens (including phenoxy) is 3. The van der Waals surface area contributed by atoms with E-state index in [4.69, 9.17) is 14.2 Å². The number of carbonyl (C=O) groups is 3. The van der Waals surface area contributed by atoms with E-state index < -0.39 is 6.10 Å². The Kier molecular flexibility index (Phi) is 50.8. The molecule has 0 aliphatic rings. The van der Waals surface area contributed by atoms with Gasteiger partial charge in [-0.25, -0.2) is 0 Å². The Morgan fingerprint density at radius 2 is 0.587 bits per heavy atom. The first kappa shape index (κ1) is 60.9. The van der Waals surface area contributed by atoms with Crippen molar-refractivity contribution in [3.63, 3.8) is 0 Å². The summed E-state index contributed by atoms with van der Waals surface area (Å²) in [6, 6.07) is 0. The lowest BCUT2D eigenvalue weighted by molar-refractivity contribution is -0.167. The van der Waals surface area contributed by atoms with Crippen molar-refractivity contribution in [3.05, 3.63) is 24.3 Å². The molecule has 0 fully saturated rings. The lowest BCUT2D eigenvalue weighted by Gasteiger charge is -2.18. The van der Waals surface area contributed by atoms with Gasteiger partial charge in [0, 0.05) is 19.3 Å². The second kappa shape index (κ2) is 52.5. The maximum absolute atomic E-state index is 12.8. The largest absolute Gasteiger partial charge is 0.462 e. The topological polar surface area (TPSA) is 78.9 Å². The van der Waals surface area contributed by atoms with Crippen LogP contribution in [0, 0.1) is 0 Å². The molecule has 0 aromatic rings. The van der Waals surface area contributed by atoms with Crippen LogP contribution in [0.25, 0.3) is 0 Å². The number of hydrogen-bond donors (Lipinski definition) is 0. The second-order valence-corrected chi connectivity index (χ2v) is 18.9. The number of allylic oxidation sites excluding steroid dienone is 4. The maximum Gasteiger partial charge on any atom is 0.306 e. The smallest absolute Gasteiger partial charge is 0.306 e. The third-order valence-electron chi connectivity index (χ3n) is 12.5. The van der Waals surface area contributed by atoms with E-state index in [0.717, 1.165) is 77.0 Å². The van der Waals surface area contributed by atoms with Crippen LogP contribution in [0.4, 0.5) is 0 Å². The Balaban J connectivity index is 4.34. The Hall–Kier alpha value is -2.11. The zero-order chi connectivity index (χ0) is 45.8. The molecular formula is C57H106O6. The molecule has 0 unspecified atom stereocenters. The summed E-state index contributed by atoms with van der Waals surface area (Å²) in [7, 11) is 0. The average Bonchev–Trinajstić information content (AvgIpc) is 3.28. The summed E-state index contributed by atoms with van der Waals surface area (Å²) in [4.78, 5) is 38.1. The Morgan fingerprint density at radius 3 is 0.921 bits per heavy atom. The van der Waals surface area contributed by atoms with E-state index >= 15 is 0 Å². The average molecular weight is 887 g/mol. The van der Waals surface area contributed by atoms with Gasteiger partial charge in [0.15, 0.2) is 6.10 Å². The van der Waals surface area contributed by atoms with E-state index in [-0.39, 0.29) is 31.1 Å². The molecule has 0 rings (SSSR count). The fourth-order valence-corrected chi connectivity index (χ4v) is 8.23. The fourth-order valence-electron chi connectivity index (χ4n) is 8.23. The Labute approximate surface area is 392 Å². The standard InChI is InChI=1S/C57H106O6/c1-4-7-10-13-16-19-22-25-28-30-32-35-38-41-44-47-50-56(59)62-53-54(52-61-55(58)49-46-43-40-37-34-31-27-24-21-18-15-12-9-6-3)63-57(60)51-48-45-42-39-36-33-29-26-23-20-17-14-11-8-5-2/h15,18,24,27,54H,4-14,16-17,19-23,25-26,28-53H2,1-3H3/b18-15-,27-24-/t54-/m1/s1. The zero-order valence-electron chi connectivity index (χ0n) is 42.4. The molecule has 63 heavy (non-hydrogen) atoms. The lowest BCUT2D eigenvalue weighted by Crippen LogP contribution is -2.30. The van der Waals surface area contributed by atoms with Crippen molar-refractivity contribution >= 4 is 17.9 Å². The highest BCUT2D eigenvalue weighted by molar-refractivity contribution is 5.71. The quantitative estimate of drug-likeness (QED) is 0.0262. The van der Waals surface area contributed by atoms with E-state index in [2.05, 4.69) is 45.1 Å². The van der Waals surface area contributed by atoms with Crippen molar-refractivity contribution in [1.29, 1.82) is 0 Å². The van der Waals surface area contributed by atoms with E-state index in [1.807, 2.05) is 0 Å². The van der Waals surface area contributed by atoms with Gasteiger partial charge in [-0.1, -0.05) is 263 Å². The van der Waals surface area contributed by atoms with Gasteiger partial charge in [0.1, 0.15) is 13.2 Å². The zero-order valence-corrected chi connectivity index (χ0v) is 42.4. The SMILES string of the molecule is CCCC/C=C\C/C=C\CCCCCCCC(=O)OC[C@H](COC(=O)CCCCCCCCCCCCCCCCCC)OC(=O)CCCCCCCCCCCCCCCCC. The van der Waals surface area contributed by atoms with Gasteiger partial charge in [0.05, 0.1) is 0 Å². The summed E-state index contributed by atoms with van der Waals surface area (Å²) < 4.78 is 16.8. The number of hydrogen-bond acceptors (Lipinski definition) is 6. The van der Waals surface area contributed by atoms with Crippen LogP contribution in [0.3, 0.4) is 0 Å². The summed E-state index contributed by atoms with van der Waals surface area (Å²) in [5.41, 5.74) is 0. The molecule has 0 radical (unpaired) electrons. The van der Waals surface area contributed by atoms with Crippen LogP contribution in [0.5, 0.6) is 0 Å². The monoisotopic (exact) mass is 887 g/mol. The minimum Gasteiger partial charge on any atom is -0.462 e.